The van der Waals surface area contributed by atoms with E-state index in [0.717, 1.165) is 18.9 Å². The highest BCUT2D eigenvalue weighted by atomic mass is 15.2. The van der Waals surface area contributed by atoms with Crippen molar-refractivity contribution in [3.8, 4) is 0 Å². The van der Waals surface area contributed by atoms with Gasteiger partial charge in [-0.05, 0) is 50.9 Å². The van der Waals surface area contributed by atoms with Crippen LogP contribution in [0.15, 0.2) is 18.3 Å². The van der Waals surface area contributed by atoms with Gasteiger partial charge in [-0.1, -0.05) is 26.2 Å². The molecule has 0 amide bonds. The minimum Gasteiger partial charge on any atom is -0.354 e. The molecule has 0 saturated heterocycles. The molecule has 1 heterocycles. The predicted octanol–water partition coefficient (Wildman–Crippen LogP) is 3.91. The monoisotopic (exact) mass is 275 g/mol. The summed E-state index contributed by atoms with van der Waals surface area (Å²) in [6.45, 7) is 8.67. The highest BCUT2D eigenvalue weighted by Crippen LogP contribution is 2.27. The van der Waals surface area contributed by atoms with Gasteiger partial charge in [0.15, 0.2) is 0 Å². The fraction of sp³-hybridized carbons (Fsp3) is 0.706. The van der Waals surface area contributed by atoms with Crippen molar-refractivity contribution in [2.75, 3.05) is 18.0 Å². The minimum absolute atomic E-state index is 0.395. The van der Waals surface area contributed by atoms with Gasteiger partial charge >= 0.3 is 0 Å². The van der Waals surface area contributed by atoms with Crippen LogP contribution in [0.1, 0.15) is 64.5 Å². The van der Waals surface area contributed by atoms with Crippen molar-refractivity contribution in [2.45, 2.75) is 65.0 Å². The van der Waals surface area contributed by atoms with Crippen LogP contribution in [0.4, 0.5) is 5.82 Å². The van der Waals surface area contributed by atoms with Gasteiger partial charge in [0.25, 0.3) is 0 Å². The molecule has 3 nitrogen and oxygen atoms in total. The molecule has 1 unspecified atom stereocenters. The summed E-state index contributed by atoms with van der Waals surface area (Å²) >= 11 is 0. The highest BCUT2D eigenvalue weighted by Gasteiger charge is 2.21. The molecule has 20 heavy (non-hydrogen) atoms. The van der Waals surface area contributed by atoms with Crippen molar-refractivity contribution in [2.24, 2.45) is 0 Å². The van der Waals surface area contributed by atoms with E-state index in [9.17, 15) is 0 Å². The first kappa shape index (κ1) is 15.3. The van der Waals surface area contributed by atoms with Crippen LogP contribution in [0.5, 0.6) is 0 Å². The molecule has 1 fully saturated rings. The largest absolute Gasteiger partial charge is 0.354 e. The average molecular weight is 275 g/mol. The Labute approximate surface area is 123 Å². The van der Waals surface area contributed by atoms with E-state index >= 15 is 0 Å². The summed E-state index contributed by atoms with van der Waals surface area (Å²) in [5.41, 5.74) is 1.34. The number of anilines is 1. The molecular formula is C17H29N3. The van der Waals surface area contributed by atoms with E-state index < -0.39 is 0 Å². The van der Waals surface area contributed by atoms with E-state index in [1.54, 1.807) is 0 Å². The standard InChI is InChI=1S/C17H29N3/c1-4-18-14(3)15-11-12-19-17(13-15)20(5-2)16-9-7-6-8-10-16/h11-14,16,18H,4-10H2,1-3H3. The fourth-order valence-corrected chi connectivity index (χ4v) is 3.28. The lowest BCUT2D eigenvalue weighted by atomic mass is 9.94. The summed E-state index contributed by atoms with van der Waals surface area (Å²) in [4.78, 5) is 7.13. The maximum Gasteiger partial charge on any atom is 0.129 e. The third-order valence-corrected chi connectivity index (χ3v) is 4.43. The lowest BCUT2D eigenvalue weighted by molar-refractivity contribution is 0.416. The highest BCUT2D eigenvalue weighted by molar-refractivity contribution is 5.43. The molecule has 1 N–H and O–H groups in total. The third kappa shape index (κ3) is 3.72. The molecule has 1 aliphatic carbocycles. The van der Waals surface area contributed by atoms with Gasteiger partial charge in [0.05, 0.1) is 0 Å². The summed E-state index contributed by atoms with van der Waals surface area (Å²) in [6.07, 6.45) is 8.75. The normalized spacial score (nSPS) is 17.9. The Kier molecular flexibility index (Phi) is 5.84. The Morgan fingerprint density at radius 3 is 2.70 bits per heavy atom. The molecule has 1 atom stereocenters. The molecule has 1 saturated carbocycles. The van der Waals surface area contributed by atoms with Gasteiger partial charge in [0, 0.05) is 24.8 Å². The second kappa shape index (κ2) is 7.63. The van der Waals surface area contributed by atoms with Gasteiger partial charge < -0.3 is 10.2 Å². The van der Waals surface area contributed by atoms with Crippen molar-refractivity contribution in [3.63, 3.8) is 0 Å². The van der Waals surface area contributed by atoms with Crippen LogP contribution in [0.2, 0.25) is 0 Å². The van der Waals surface area contributed by atoms with Crippen molar-refractivity contribution >= 4 is 5.82 Å². The smallest absolute Gasteiger partial charge is 0.129 e. The van der Waals surface area contributed by atoms with Crippen LogP contribution < -0.4 is 10.2 Å². The number of pyridine rings is 1. The minimum atomic E-state index is 0.395. The Hall–Kier alpha value is -1.09. The van der Waals surface area contributed by atoms with E-state index in [-0.39, 0.29) is 0 Å². The first-order chi connectivity index (χ1) is 9.76. The van der Waals surface area contributed by atoms with Gasteiger partial charge in [-0.2, -0.15) is 0 Å². The summed E-state index contributed by atoms with van der Waals surface area (Å²) in [5, 5.41) is 3.48. The zero-order valence-electron chi connectivity index (χ0n) is 13.2. The maximum absolute atomic E-state index is 4.63. The van der Waals surface area contributed by atoms with E-state index in [4.69, 9.17) is 0 Å². The lowest BCUT2D eigenvalue weighted by Gasteiger charge is -2.34. The van der Waals surface area contributed by atoms with Crippen molar-refractivity contribution in [1.82, 2.24) is 10.3 Å². The molecule has 1 aromatic rings. The van der Waals surface area contributed by atoms with Crippen molar-refractivity contribution in [1.29, 1.82) is 0 Å². The van der Waals surface area contributed by atoms with Gasteiger partial charge in [-0.3, -0.25) is 0 Å². The van der Waals surface area contributed by atoms with Crippen LogP contribution in [0, 0.1) is 0 Å². The van der Waals surface area contributed by atoms with Gasteiger partial charge in [-0.25, -0.2) is 4.98 Å². The summed E-state index contributed by atoms with van der Waals surface area (Å²) in [7, 11) is 0. The van der Waals surface area contributed by atoms with Crippen LogP contribution in [-0.4, -0.2) is 24.1 Å². The maximum atomic E-state index is 4.63. The number of hydrogen-bond donors (Lipinski definition) is 1. The number of rotatable bonds is 6. The second-order valence-corrected chi connectivity index (χ2v) is 5.80. The zero-order chi connectivity index (χ0) is 14.4. The molecule has 2 rings (SSSR count). The van der Waals surface area contributed by atoms with Crippen LogP contribution in [0.25, 0.3) is 0 Å². The number of aromatic nitrogens is 1. The van der Waals surface area contributed by atoms with Crippen LogP contribution in [-0.2, 0) is 0 Å². The average Bonchev–Trinajstić information content (AvgIpc) is 2.50. The Balaban J connectivity index is 2.14. The molecule has 112 valence electrons. The molecule has 0 aliphatic heterocycles. The van der Waals surface area contributed by atoms with Gasteiger partial charge in [-0.15, -0.1) is 0 Å². The van der Waals surface area contributed by atoms with Crippen LogP contribution in [0.3, 0.4) is 0 Å². The summed E-state index contributed by atoms with van der Waals surface area (Å²) < 4.78 is 0. The van der Waals surface area contributed by atoms with Crippen LogP contribution >= 0.6 is 0 Å². The Morgan fingerprint density at radius 2 is 2.05 bits per heavy atom. The van der Waals surface area contributed by atoms with Crippen molar-refractivity contribution < 1.29 is 0 Å². The SMILES string of the molecule is CCNC(C)c1ccnc(N(CC)C2CCCCC2)c1. The van der Waals surface area contributed by atoms with Gasteiger partial charge in [0.2, 0.25) is 0 Å². The van der Waals surface area contributed by atoms with Gasteiger partial charge in [0.1, 0.15) is 5.82 Å². The number of nitrogens with one attached hydrogen (secondary N) is 1. The van der Waals surface area contributed by atoms with E-state index in [0.29, 0.717) is 12.1 Å². The molecular weight excluding hydrogens is 246 g/mol. The van der Waals surface area contributed by atoms with E-state index in [2.05, 4.69) is 48.1 Å². The molecule has 0 bridgehead atoms. The second-order valence-electron chi connectivity index (χ2n) is 5.80. The fourth-order valence-electron chi connectivity index (χ4n) is 3.28. The Bertz CT molecular complexity index is 399. The quantitative estimate of drug-likeness (QED) is 0.853. The molecule has 0 radical (unpaired) electrons. The first-order valence-electron chi connectivity index (χ1n) is 8.22. The molecule has 0 spiro atoms. The molecule has 3 heteroatoms. The summed E-state index contributed by atoms with van der Waals surface area (Å²) in [5.74, 6) is 1.15. The summed E-state index contributed by atoms with van der Waals surface area (Å²) in [6, 6.07) is 5.48. The lowest BCUT2D eigenvalue weighted by Crippen LogP contribution is -2.37. The molecule has 1 aliphatic rings. The molecule has 0 aromatic carbocycles. The first-order valence-corrected chi connectivity index (χ1v) is 8.22. The van der Waals surface area contributed by atoms with Crippen molar-refractivity contribution in [3.05, 3.63) is 23.9 Å². The molecule has 1 aromatic heterocycles. The van der Waals surface area contributed by atoms with E-state index in [1.165, 1.54) is 37.7 Å². The topological polar surface area (TPSA) is 28.2 Å². The zero-order valence-corrected chi connectivity index (χ0v) is 13.2. The van der Waals surface area contributed by atoms with E-state index in [1.807, 2.05) is 6.20 Å². The number of hydrogen-bond acceptors (Lipinski definition) is 3. The predicted molar refractivity (Wildman–Crippen MR) is 86.2 cm³/mol. The third-order valence-electron chi connectivity index (χ3n) is 4.43. The number of nitrogens with zero attached hydrogens (tertiary/aromatic N) is 2. The Morgan fingerprint density at radius 1 is 1.30 bits per heavy atom.